The average Bonchev–Trinajstić information content (AvgIpc) is 2.58. The van der Waals surface area contributed by atoms with Crippen molar-refractivity contribution in [3.05, 3.63) is 48.5 Å². The van der Waals surface area contributed by atoms with Crippen LogP contribution in [0.2, 0.25) is 0 Å². The molecule has 0 aliphatic heterocycles. The Morgan fingerprint density at radius 2 is 1.65 bits per heavy atom. The van der Waals surface area contributed by atoms with Crippen LogP contribution < -0.4 is 11.1 Å². The summed E-state index contributed by atoms with van der Waals surface area (Å²) >= 11 is 0. The summed E-state index contributed by atoms with van der Waals surface area (Å²) in [6.07, 6.45) is 0. The number of nitro groups is 1. The molecule has 0 atom stereocenters. The number of nitrogens with one attached hydrogen (secondary N) is 2. The maximum Gasteiger partial charge on any atom is 0.314 e. The summed E-state index contributed by atoms with van der Waals surface area (Å²) in [5.41, 5.74) is -1.70. The monoisotopic (exact) mass is 392 g/mol. The molecule has 2 rings (SSSR count). The first-order valence-corrected chi connectivity index (χ1v) is 7.15. The van der Waals surface area contributed by atoms with E-state index in [0.29, 0.717) is 0 Å². The molecule has 0 fully saturated rings. The molecule has 4 N–H and O–H groups in total. The minimum absolute atomic E-state index is 0. The van der Waals surface area contributed by atoms with Crippen molar-refractivity contribution in [2.45, 2.75) is 6.54 Å². The first kappa shape index (κ1) is 21.7. The third kappa shape index (κ3) is 5.32. The van der Waals surface area contributed by atoms with Gasteiger partial charge in [0, 0.05) is 17.7 Å². The fourth-order valence-corrected chi connectivity index (χ4v) is 2.06. The number of fused-ring (bicyclic) bond motifs is 1. The van der Waals surface area contributed by atoms with Gasteiger partial charge in [0.2, 0.25) is 0 Å². The molecule has 26 heavy (non-hydrogen) atoms. The van der Waals surface area contributed by atoms with E-state index in [2.05, 4.69) is 9.97 Å². The van der Waals surface area contributed by atoms with E-state index in [1.165, 1.54) is 6.07 Å². The maximum atomic E-state index is 11.6. The maximum absolute atomic E-state index is 11.6. The van der Waals surface area contributed by atoms with Crippen LogP contribution in [0.3, 0.4) is 0 Å². The van der Waals surface area contributed by atoms with Crippen molar-refractivity contribution in [3.63, 3.8) is 0 Å². The number of rotatable bonds is 9. The largest absolute Gasteiger partial charge is 0.394 e. The number of nitrogens with zero attached hydrogens (tertiary/aromatic N) is 2. The van der Waals surface area contributed by atoms with Gasteiger partial charge in [0.15, 0.2) is 0 Å². The Morgan fingerprint density at radius 3 is 2.19 bits per heavy atom. The number of aromatic amines is 2. The second-order valence-corrected chi connectivity index (χ2v) is 4.80. The van der Waals surface area contributed by atoms with Crippen LogP contribution >= 0.6 is 12.4 Å². The minimum atomic E-state index is -0.941. The normalized spacial score (nSPS) is 10.9. The van der Waals surface area contributed by atoms with Gasteiger partial charge in [0.25, 0.3) is 5.69 Å². The first-order chi connectivity index (χ1) is 12.0. The van der Waals surface area contributed by atoms with Gasteiger partial charge >= 0.3 is 11.1 Å². The van der Waals surface area contributed by atoms with Gasteiger partial charge < -0.3 is 20.2 Å². The summed E-state index contributed by atoms with van der Waals surface area (Å²) < 4.78 is 0. The predicted molar refractivity (Wildman–Crippen MR) is 90.7 cm³/mol. The van der Waals surface area contributed by atoms with Gasteiger partial charge in [-0.25, -0.2) is 0 Å². The lowest BCUT2D eigenvalue weighted by Crippen LogP contribution is -2.30. The summed E-state index contributed by atoms with van der Waals surface area (Å²) in [6.45, 7) is -1.03. The molecule has 0 aliphatic carbocycles. The van der Waals surface area contributed by atoms with Crippen molar-refractivity contribution >= 4 is 29.1 Å². The summed E-state index contributed by atoms with van der Waals surface area (Å²) in [6, 6.07) is 2.30. The van der Waals surface area contributed by atoms with Crippen molar-refractivity contribution in [2.75, 3.05) is 26.4 Å². The fraction of sp³-hybridized carbons (Fsp3) is 0.385. The summed E-state index contributed by atoms with van der Waals surface area (Å²) in [5, 5.41) is 29.6. The van der Waals surface area contributed by atoms with E-state index in [9.17, 15) is 19.7 Å². The molecule has 0 saturated heterocycles. The van der Waals surface area contributed by atoms with E-state index in [4.69, 9.17) is 19.9 Å². The molecule has 144 valence electrons. The number of benzene rings is 1. The Bertz CT molecular complexity index is 859. The highest BCUT2D eigenvalue weighted by Gasteiger charge is 2.17. The Morgan fingerprint density at radius 1 is 1.08 bits per heavy atom. The Balaban J connectivity index is 0.00000338. The minimum Gasteiger partial charge on any atom is -0.394 e. The van der Waals surface area contributed by atoms with Gasteiger partial charge in [0.05, 0.1) is 48.9 Å². The highest BCUT2D eigenvalue weighted by atomic mass is 35.5. The molecule has 0 spiro atoms. The van der Waals surface area contributed by atoms with Gasteiger partial charge in [-0.3, -0.25) is 29.4 Å². The topological polar surface area (TPSA) is 171 Å². The molecule has 12 nitrogen and oxygen atoms in total. The van der Waals surface area contributed by atoms with Crippen LogP contribution in [0.15, 0.2) is 21.7 Å². The summed E-state index contributed by atoms with van der Waals surface area (Å²) in [4.78, 5) is 48.3. The number of H-pyrrole nitrogens is 2. The van der Waals surface area contributed by atoms with Crippen molar-refractivity contribution in [2.24, 2.45) is 0 Å². The molecular formula is C13H17ClN4O8. The standard InChI is InChI=1S/C13H16N4O8.ClH/c18-1-3-24-16(25-4-2-19)7-8-5-9(17(22)23)6-10-11(8)15-13(21)12(20)14-10;/h5-6,18-19H,1-4,7H2,(H,14,20)(H,15,21);1H. The third-order valence-electron chi connectivity index (χ3n) is 3.06. The number of aliphatic hydroxyl groups excluding tert-OH is 2. The van der Waals surface area contributed by atoms with E-state index in [1.54, 1.807) is 0 Å². The summed E-state index contributed by atoms with van der Waals surface area (Å²) in [5.74, 6) is 0. The second kappa shape index (κ2) is 9.96. The van der Waals surface area contributed by atoms with E-state index >= 15 is 0 Å². The highest BCUT2D eigenvalue weighted by molar-refractivity contribution is 5.85. The number of halogens is 1. The van der Waals surface area contributed by atoms with Crippen molar-refractivity contribution in [1.29, 1.82) is 0 Å². The van der Waals surface area contributed by atoms with Crippen LogP contribution in [-0.2, 0) is 16.2 Å². The number of aliphatic hydroxyl groups is 2. The SMILES string of the molecule is Cl.O=c1[nH]c2cc([N+](=O)[O-])cc(CN(OCCO)OCCO)c2[nH]c1=O. The van der Waals surface area contributed by atoms with Crippen LogP contribution in [0.4, 0.5) is 5.69 Å². The first-order valence-electron chi connectivity index (χ1n) is 7.15. The number of hydrogen-bond acceptors (Lipinski definition) is 9. The lowest BCUT2D eigenvalue weighted by atomic mass is 10.1. The predicted octanol–water partition coefficient (Wildman–Crippen LogP) is -0.804. The average molecular weight is 393 g/mol. The van der Waals surface area contributed by atoms with Crippen LogP contribution in [-0.4, -0.2) is 56.8 Å². The van der Waals surface area contributed by atoms with Gasteiger partial charge in [-0.05, 0) is 0 Å². The highest BCUT2D eigenvalue weighted by Crippen LogP contribution is 2.23. The fourth-order valence-electron chi connectivity index (χ4n) is 2.06. The molecule has 2 aromatic rings. The number of hydroxylamine groups is 2. The number of nitro benzene ring substituents is 1. The van der Waals surface area contributed by atoms with E-state index < -0.39 is 16.0 Å². The van der Waals surface area contributed by atoms with Crippen LogP contribution in [0.25, 0.3) is 11.0 Å². The molecule has 0 aliphatic rings. The lowest BCUT2D eigenvalue weighted by molar-refractivity contribution is -0.385. The van der Waals surface area contributed by atoms with Gasteiger partial charge in [-0.2, -0.15) is 0 Å². The quantitative estimate of drug-likeness (QED) is 0.242. The number of aromatic nitrogens is 2. The molecular weight excluding hydrogens is 376 g/mol. The lowest BCUT2D eigenvalue weighted by Gasteiger charge is -2.20. The third-order valence-corrected chi connectivity index (χ3v) is 3.06. The van der Waals surface area contributed by atoms with Crippen molar-refractivity contribution in [1.82, 2.24) is 15.2 Å². The molecule has 0 bridgehead atoms. The Labute approximate surface area is 151 Å². The smallest absolute Gasteiger partial charge is 0.314 e. The zero-order chi connectivity index (χ0) is 18.4. The van der Waals surface area contributed by atoms with Crippen molar-refractivity contribution in [3.8, 4) is 0 Å². The molecule has 13 heteroatoms. The Kier molecular flexibility index (Phi) is 8.31. The van der Waals surface area contributed by atoms with Crippen molar-refractivity contribution < 1.29 is 24.8 Å². The molecule has 1 aromatic heterocycles. The van der Waals surface area contributed by atoms with Crippen LogP contribution in [0, 0.1) is 10.1 Å². The summed E-state index contributed by atoms with van der Waals surface area (Å²) in [7, 11) is 0. The number of hydrogen-bond donors (Lipinski definition) is 4. The molecule has 0 amide bonds. The Hall–Kier alpha value is -2.35. The van der Waals surface area contributed by atoms with E-state index in [1.807, 2.05) is 0 Å². The van der Waals surface area contributed by atoms with Gasteiger partial charge in [-0.15, -0.1) is 12.4 Å². The van der Waals surface area contributed by atoms with E-state index in [0.717, 1.165) is 11.3 Å². The van der Waals surface area contributed by atoms with Crippen LogP contribution in [0.5, 0.6) is 0 Å². The zero-order valence-electron chi connectivity index (χ0n) is 13.3. The zero-order valence-corrected chi connectivity index (χ0v) is 14.2. The molecule has 0 radical (unpaired) electrons. The molecule has 0 unspecified atom stereocenters. The molecule has 0 saturated carbocycles. The van der Waals surface area contributed by atoms with Gasteiger partial charge in [-0.1, -0.05) is 5.23 Å². The second-order valence-electron chi connectivity index (χ2n) is 4.80. The number of non-ortho nitro benzene ring substituents is 1. The van der Waals surface area contributed by atoms with Crippen LogP contribution in [0.1, 0.15) is 5.56 Å². The molecule has 1 aromatic carbocycles. The van der Waals surface area contributed by atoms with E-state index in [-0.39, 0.29) is 67.7 Å². The van der Waals surface area contributed by atoms with Gasteiger partial charge in [0.1, 0.15) is 0 Å². The molecule has 1 heterocycles.